The average molecular weight is 468 g/mol. The predicted molar refractivity (Wildman–Crippen MR) is 110 cm³/mol. The molecule has 6 nitrogen and oxygen atoms in total. The van der Waals surface area contributed by atoms with Gasteiger partial charge in [0.05, 0.1) is 21.7 Å². The number of carbonyl (C=O) groups excluding carboxylic acids is 1. The number of fused-ring (bicyclic) bond motifs is 1. The summed E-state index contributed by atoms with van der Waals surface area (Å²) in [5, 5.41) is 0.848. The van der Waals surface area contributed by atoms with E-state index in [1.807, 2.05) is 24.3 Å². The van der Waals surface area contributed by atoms with E-state index in [1.54, 1.807) is 41.5 Å². The third-order valence-electron chi connectivity index (χ3n) is 3.89. The molecule has 0 aliphatic rings. The van der Waals surface area contributed by atoms with E-state index in [9.17, 15) is 13.2 Å². The van der Waals surface area contributed by atoms with Gasteiger partial charge in [-0.1, -0.05) is 24.3 Å². The summed E-state index contributed by atoms with van der Waals surface area (Å²) in [6.07, 6.45) is 0.0745. The third kappa shape index (κ3) is 4.92. The number of amides is 1. The summed E-state index contributed by atoms with van der Waals surface area (Å²) >= 11 is 4.78. The lowest BCUT2D eigenvalue weighted by atomic mass is 10.3. The highest BCUT2D eigenvalue weighted by atomic mass is 79.9. The molecule has 2 aromatic carbocycles. The normalized spacial score (nSPS) is 11.6. The molecule has 9 heteroatoms. The molecule has 3 aromatic rings. The minimum atomic E-state index is -3.67. The Morgan fingerprint density at radius 2 is 1.89 bits per heavy atom. The van der Waals surface area contributed by atoms with Crippen molar-refractivity contribution in [1.82, 2.24) is 14.6 Å². The molecule has 0 spiro atoms. The minimum Gasteiger partial charge on any atom is -0.339 e. The Morgan fingerprint density at radius 3 is 2.63 bits per heavy atom. The van der Waals surface area contributed by atoms with Gasteiger partial charge in [-0.3, -0.25) is 4.79 Å². The standard InChI is InChI=1S/C18H18BrN3O3S2/c1-22(12-17-21-14-7-3-4-8-15(14)26-17)18(23)10-11-20-27(24,25)16-9-5-2-6-13(16)19/h2-9,20H,10-12H2,1H3. The van der Waals surface area contributed by atoms with Gasteiger partial charge in [-0.05, 0) is 40.2 Å². The van der Waals surface area contributed by atoms with Gasteiger partial charge in [-0.25, -0.2) is 18.1 Å². The van der Waals surface area contributed by atoms with Crippen LogP contribution in [0.15, 0.2) is 57.9 Å². The number of nitrogens with zero attached hydrogens (tertiary/aromatic N) is 2. The van der Waals surface area contributed by atoms with E-state index in [2.05, 4.69) is 25.6 Å². The predicted octanol–water partition coefficient (Wildman–Crippen LogP) is 3.39. The zero-order valence-corrected chi connectivity index (χ0v) is 17.8. The van der Waals surface area contributed by atoms with Crippen LogP contribution in [0, 0.1) is 0 Å². The molecule has 0 saturated carbocycles. The van der Waals surface area contributed by atoms with Crippen molar-refractivity contribution in [3.63, 3.8) is 0 Å². The number of sulfonamides is 1. The van der Waals surface area contributed by atoms with Gasteiger partial charge in [0, 0.05) is 24.5 Å². The Bertz CT molecular complexity index is 1030. The minimum absolute atomic E-state index is 0.0344. The van der Waals surface area contributed by atoms with Gasteiger partial charge in [0.25, 0.3) is 0 Å². The molecule has 0 radical (unpaired) electrons. The molecule has 0 unspecified atom stereocenters. The molecule has 27 heavy (non-hydrogen) atoms. The largest absolute Gasteiger partial charge is 0.339 e. The molecule has 1 aromatic heterocycles. The van der Waals surface area contributed by atoms with Gasteiger partial charge in [0.15, 0.2) is 0 Å². The lowest BCUT2D eigenvalue weighted by Gasteiger charge is -2.16. The molecule has 0 saturated heterocycles. The van der Waals surface area contributed by atoms with Crippen molar-refractivity contribution in [3.05, 3.63) is 58.0 Å². The molecule has 1 heterocycles. The average Bonchev–Trinajstić information content (AvgIpc) is 3.03. The Morgan fingerprint density at radius 1 is 1.19 bits per heavy atom. The number of thiazole rings is 1. The third-order valence-corrected chi connectivity index (χ3v) is 7.39. The van der Waals surface area contributed by atoms with Crippen LogP contribution in [0.5, 0.6) is 0 Å². The van der Waals surface area contributed by atoms with Crippen LogP contribution < -0.4 is 4.72 Å². The summed E-state index contributed by atoms with van der Waals surface area (Å²) in [4.78, 5) is 18.5. The molecule has 0 aliphatic heterocycles. The first kappa shape index (κ1) is 19.9. The summed E-state index contributed by atoms with van der Waals surface area (Å²) in [6, 6.07) is 14.4. The van der Waals surface area contributed by atoms with Crippen molar-refractivity contribution in [2.45, 2.75) is 17.9 Å². The number of rotatable bonds is 7. The van der Waals surface area contributed by atoms with Gasteiger partial charge in [-0.2, -0.15) is 0 Å². The van der Waals surface area contributed by atoms with E-state index in [4.69, 9.17) is 0 Å². The van der Waals surface area contributed by atoms with Crippen LogP contribution in [0.1, 0.15) is 11.4 Å². The maximum absolute atomic E-state index is 12.3. The van der Waals surface area contributed by atoms with Crippen molar-refractivity contribution >= 4 is 53.4 Å². The molecule has 3 rings (SSSR count). The number of nitrogens with one attached hydrogen (secondary N) is 1. The first-order valence-corrected chi connectivity index (χ1v) is 11.3. The van der Waals surface area contributed by atoms with Crippen molar-refractivity contribution in [1.29, 1.82) is 0 Å². The van der Waals surface area contributed by atoms with Crippen molar-refractivity contribution in [3.8, 4) is 0 Å². The van der Waals surface area contributed by atoms with Crippen LogP contribution in [-0.4, -0.2) is 37.8 Å². The highest BCUT2D eigenvalue weighted by Gasteiger charge is 2.18. The number of hydrogen-bond acceptors (Lipinski definition) is 5. The van der Waals surface area contributed by atoms with Crippen molar-refractivity contribution in [2.24, 2.45) is 0 Å². The van der Waals surface area contributed by atoms with Gasteiger partial charge in [0.2, 0.25) is 15.9 Å². The van der Waals surface area contributed by atoms with E-state index >= 15 is 0 Å². The van der Waals surface area contributed by atoms with Crippen molar-refractivity contribution in [2.75, 3.05) is 13.6 Å². The lowest BCUT2D eigenvalue weighted by Crippen LogP contribution is -2.32. The lowest BCUT2D eigenvalue weighted by molar-refractivity contribution is -0.130. The zero-order chi connectivity index (χ0) is 19.4. The first-order valence-electron chi connectivity index (χ1n) is 8.19. The molecule has 142 valence electrons. The topological polar surface area (TPSA) is 79.4 Å². The summed E-state index contributed by atoms with van der Waals surface area (Å²) in [7, 11) is -1.98. The highest BCUT2D eigenvalue weighted by molar-refractivity contribution is 9.10. The van der Waals surface area contributed by atoms with E-state index in [-0.39, 0.29) is 23.8 Å². The monoisotopic (exact) mass is 467 g/mol. The summed E-state index contributed by atoms with van der Waals surface area (Å²) < 4.78 is 28.7. The van der Waals surface area contributed by atoms with Crippen LogP contribution in [0.3, 0.4) is 0 Å². The number of halogens is 1. The van der Waals surface area contributed by atoms with E-state index in [0.717, 1.165) is 15.2 Å². The number of carbonyl (C=O) groups is 1. The molecule has 0 atom stereocenters. The fraction of sp³-hybridized carbons (Fsp3) is 0.222. The second kappa shape index (κ2) is 8.47. The van der Waals surface area contributed by atoms with E-state index < -0.39 is 10.0 Å². The van der Waals surface area contributed by atoms with Gasteiger partial charge < -0.3 is 4.90 Å². The molecule has 0 fully saturated rings. The van der Waals surface area contributed by atoms with E-state index in [0.29, 0.717) is 11.0 Å². The fourth-order valence-corrected chi connectivity index (χ4v) is 5.56. The summed E-state index contributed by atoms with van der Waals surface area (Å²) in [5.41, 5.74) is 0.916. The highest BCUT2D eigenvalue weighted by Crippen LogP contribution is 2.23. The second-order valence-electron chi connectivity index (χ2n) is 5.90. The van der Waals surface area contributed by atoms with Crippen LogP contribution >= 0.6 is 27.3 Å². The fourth-order valence-electron chi connectivity index (χ4n) is 2.50. The molecule has 0 aliphatic carbocycles. The maximum atomic E-state index is 12.3. The smallest absolute Gasteiger partial charge is 0.241 e. The number of para-hydroxylation sites is 1. The van der Waals surface area contributed by atoms with Gasteiger partial charge in [-0.15, -0.1) is 11.3 Å². The quantitative estimate of drug-likeness (QED) is 0.577. The van der Waals surface area contributed by atoms with Crippen LogP contribution in [0.25, 0.3) is 10.2 Å². The Balaban J connectivity index is 1.55. The number of aromatic nitrogens is 1. The first-order chi connectivity index (χ1) is 12.9. The van der Waals surface area contributed by atoms with Crippen molar-refractivity contribution < 1.29 is 13.2 Å². The Hall–Kier alpha value is -1.81. The number of benzene rings is 2. The van der Waals surface area contributed by atoms with Crippen LogP contribution in [0.2, 0.25) is 0 Å². The van der Waals surface area contributed by atoms with Gasteiger partial charge in [0.1, 0.15) is 5.01 Å². The maximum Gasteiger partial charge on any atom is 0.241 e. The Labute approximate surface area is 170 Å². The molecule has 1 N–H and O–H groups in total. The zero-order valence-electron chi connectivity index (χ0n) is 14.6. The van der Waals surface area contributed by atoms with Gasteiger partial charge >= 0.3 is 0 Å². The van der Waals surface area contributed by atoms with Crippen LogP contribution in [0.4, 0.5) is 0 Å². The molecule has 0 bridgehead atoms. The SMILES string of the molecule is CN(Cc1nc2ccccc2s1)C(=O)CCNS(=O)(=O)c1ccccc1Br. The summed E-state index contributed by atoms with van der Waals surface area (Å²) in [5.74, 6) is -0.149. The van der Waals surface area contributed by atoms with E-state index in [1.165, 1.54) is 6.07 Å². The molecular formula is C18H18BrN3O3S2. The van der Waals surface area contributed by atoms with Crippen LogP contribution in [-0.2, 0) is 21.4 Å². The molecular weight excluding hydrogens is 450 g/mol. The Kier molecular flexibility index (Phi) is 6.25. The number of hydrogen-bond donors (Lipinski definition) is 1. The molecule has 1 amide bonds. The summed E-state index contributed by atoms with van der Waals surface area (Å²) in [6.45, 7) is 0.432. The second-order valence-corrected chi connectivity index (χ2v) is 9.61.